The Morgan fingerprint density at radius 3 is 1.78 bits per heavy atom. The minimum Gasteiger partial charge on any atom is -0.277 e. The fraction of sp³-hybridized carbons (Fsp3) is 0. The molecule has 0 radical (unpaired) electrons. The summed E-state index contributed by atoms with van der Waals surface area (Å²) in [5.41, 5.74) is 6.35. The van der Waals surface area contributed by atoms with Crippen molar-refractivity contribution in [2.75, 3.05) is 0 Å². The van der Waals surface area contributed by atoms with Gasteiger partial charge in [-0.3, -0.25) is 4.57 Å². The third kappa shape index (κ3) is 4.32. The normalized spacial score (nSPS) is 11.9. The zero-order valence-corrected chi connectivity index (χ0v) is 28.6. The summed E-state index contributed by atoms with van der Waals surface area (Å²) in [4.78, 5) is 21.5. The van der Waals surface area contributed by atoms with Crippen molar-refractivity contribution < 1.29 is 0 Å². The Morgan fingerprint density at radius 2 is 1.00 bits per heavy atom. The minimum absolute atomic E-state index is 0.590. The number of hydrogen-bond acceptors (Lipinski definition) is 6. The predicted molar refractivity (Wildman–Crippen MR) is 214 cm³/mol. The summed E-state index contributed by atoms with van der Waals surface area (Å²) in [7, 11) is 0. The van der Waals surface area contributed by atoms with Gasteiger partial charge >= 0.3 is 0 Å². The van der Waals surface area contributed by atoms with Crippen molar-refractivity contribution in [2.45, 2.75) is 0 Å². The van der Waals surface area contributed by atoms with Crippen molar-refractivity contribution in [1.82, 2.24) is 24.5 Å². The molecule has 238 valence electrons. The quantitative estimate of drug-likeness (QED) is 0.185. The highest BCUT2D eigenvalue weighted by atomic mass is 32.1. The van der Waals surface area contributed by atoms with Crippen LogP contribution in [0.25, 0.3) is 102 Å². The molecular formula is C44H25N5S2. The number of fused-ring (bicyclic) bond motifs is 12. The van der Waals surface area contributed by atoms with Gasteiger partial charge in [-0.1, -0.05) is 121 Å². The van der Waals surface area contributed by atoms with Crippen LogP contribution in [0.2, 0.25) is 0 Å². The van der Waals surface area contributed by atoms with Crippen LogP contribution in [-0.2, 0) is 0 Å². The monoisotopic (exact) mass is 687 g/mol. The number of pyridine rings is 1. The third-order valence-electron chi connectivity index (χ3n) is 9.73. The summed E-state index contributed by atoms with van der Waals surface area (Å²) >= 11 is 3.62. The van der Waals surface area contributed by atoms with Gasteiger partial charge in [-0.05, 0) is 35.4 Å². The van der Waals surface area contributed by atoms with E-state index in [0.717, 1.165) is 37.9 Å². The van der Waals surface area contributed by atoms with Gasteiger partial charge < -0.3 is 0 Å². The molecule has 0 aliphatic carbocycles. The summed E-state index contributed by atoms with van der Waals surface area (Å²) in [6.07, 6.45) is 1.89. The van der Waals surface area contributed by atoms with Gasteiger partial charge in [0.15, 0.2) is 11.6 Å². The Bertz CT molecular complexity index is 3090. The van der Waals surface area contributed by atoms with Gasteiger partial charge in [0.25, 0.3) is 0 Å². The van der Waals surface area contributed by atoms with Crippen LogP contribution in [0.15, 0.2) is 152 Å². The third-order valence-corrected chi connectivity index (χ3v) is 12.1. The Hall–Kier alpha value is -6.28. The zero-order valence-electron chi connectivity index (χ0n) is 27.0. The standard InChI is InChI=1S/C44H25N5S2/c1-3-12-26(13-4-1)27-21-23-29(24-22-27)42-46-41(28-14-5-2-6-15-28)47-44(48-42)49-33-19-9-7-16-30(33)35-38(49)36-31-17-8-10-20-34(31)50-39(36)37-32-18-11-25-45-43(32)51-40(35)37/h1-25H. The second-order valence-electron chi connectivity index (χ2n) is 12.6. The lowest BCUT2D eigenvalue weighted by molar-refractivity contribution is 0.955. The molecule has 11 rings (SSSR count). The largest absolute Gasteiger partial charge is 0.277 e. The number of benzene rings is 6. The molecule has 0 atom stereocenters. The van der Waals surface area contributed by atoms with Crippen LogP contribution in [0.1, 0.15) is 0 Å². The molecule has 0 unspecified atom stereocenters. The van der Waals surface area contributed by atoms with Gasteiger partial charge in [0.05, 0.1) is 11.0 Å². The van der Waals surface area contributed by atoms with E-state index in [0.29, 0.717) is 17.6 Å². The van der Waals surface area contributed by atoms with E-state index in [-0.39, 0.29) is 0 Å². The fourth-order valence-corrected chi connectivity index (χ4v) is 10.0. The Balaban J connectivity index is 1.28. The van der Waals surface area contributed by atoms with Crippen LogP contribution < -0.4 is 0 Å². The molecule has 5 aromatic heterocycles. The van der Waals surface area contributed by atoms with Crippen LogP contribution in [-0.4, -0.2) is 24.5 Å². The number of rotatable bonds is 4. The molecule has 5 heterocycles. The molecule has 0 amide bonds. The highest BCUT2D eigenvalue weighted by Gasteiger charge is 2.26. The van der Waals surface area contributed by atoms with Crippen LogP contribution >= 0.6 is 22.7 Å². The molecule has 0 saturated carbocycles. The van der Waals surface area contributed by atoms with Crippen molar-refractivity contribution in [3.8, 4) is 39.9 Å². The van der Waals surface area contributed by atoms with E-state index in [2.05, 4.69) is 120 Å². The molecule has 6 aromatic carbocycles. The number of thiophene rings is 2. The molecular weight excluding hydrogens is 663 g/mol. The molecule has 0 N–H and O–H groups in total. The topological polar surface area (TPSA) is 56.5 Å². The molecule has 7 heteroatoms. The first-order valence-electron chi connectivity index (χ1n) is 16.8. The Morgan fingerprint density at radius 1 is 0.431 bits per heavy atom. The molecule has 0 aliphatic rings. The van der Waals surface area contributed by atoms with E-state index in [4.69, 9.17) is 19.9 Å². The molecule has 0 saturated heterocycles. The lowest BCUT2D eigenvalue weighted by Gasteiger charge is -2.12. The van der Waals surface area contributed by atoms with E-state index in [1.54, 1.807) is 11.3 Å². The summed E-state index contributed by atoms with van der Waals surface area (Å²) < 4.78 is 6.03. The highest BCUT2D eigenvalue weighted by Crippen LogP contribution is 2.51. The van der Waals surface area contributed by atoms with Gasteiger partial charge in [-0.2, -0.15) is 9.97 Å². The van der Waals surface area contributed by atoms with Gasteiger partial charge in [0, 0.05) is 63.7 Å². The van der Waals surface area contributed by atoms with Gasteiger partial charge in [0.2, 0.25) is 5.95 Å². The van der Waals surface area contributed by atoms with Crippen LogP contribution in [0, 0.1) is 0 Å². The predicted octanol–water partition coefficient (Wildman–Crippen LogP) is 12.1. The van der Waals surface area contributed by atoms with Crippen molar-refractivity contribution in [3.63, 3.8) is 0 Å². The average molecular weight is 688 g/mol. The molecule has 0 bridgehead atoms. The summed E-state index contributed by atoms with van der Waals surface area (Å²) in [5, 5.41) is 7.28. The molecule has 51 heavy (non-hydrogen) atoms. The number of nitrogens with zero attached hydrogens (tertiary/aromatic N) is 5. The Labute approximate surface area is 299 Å². The molecule has 0 fully saturated rings. The first kappa shape index (κ1) is 28.5. The van der Waals surface area contributed by atoms with Crippen molar-refractivity contribution in [2.24, 2.45) is 0 Å². The van der Waals surface area contributed by atoms with Crippen LogP contribution in [0.5, 0.6) is 0 Å². The highest BCUT2D eigenvalue weighted by molar-refractivity contribution is 7.30. The van der Waals surface area contributed by atoms with Crippen molar-refractivity contribution in [3.05, 3.63) is 152 Å². The lowest BCUT2D eigenvalue weighted by Crippen LogP contribution is -2.06. The average Bonchev–Trinajstić information content (AvgIpc) is 3.88. The van der Waals surface area contributed by atoms with E-state index in [1.807, 2.05) is 47.9 Å². The fourth-order valence-electron chi connectivity index (χ4n) is 7.46. The molecule has 0 spiro atoms. The molecule has 11 aromatic rings. The minimum atomic E-state index is 0.590. The van der Waals surface area contributed by atoms with Crippen molar-refractivity contribution in [1.29, 1.82) is 0 Å². The van der Waals surface area contributed by atoms with Gasteiger partial charge in [-0.25, -0.2) is 9.97 Å². The van der Waals surface area contributed by atoms with Crippen LogP contribution in [0.3, 0.4) is 0 Å². The zero-order chi connectivity index (χ0) is 33.5. The maximum absolute atomic E-state index is 5.30. The number of aromatic nitrogens is 5. The second-order valence-corrected chi connectivity index (χ2v) is 14.7. The van der Waals surface area contributed by atoms with Crippen LogP contribution in [0.4, 0.5) is 0 Å². The van der Waals surface area contributed by atoms with E-state index in [1.165, 1.54) is 46.6 Å². The summed E-state index contributed by atoms with van der Waals surface area (Å²) in [6, 6.07) is 50.8. The SMILES string of the molecule is c1ccc(-c2ccc(-c3nc(-c4ccccc4)nc(-n4c5ccccc5c5c6sc7ncccc7c6c6sc7ccccc7c6c54)n3)cc2)cc1. The number of hydrogen-bond donors (Lipinski definition) is 0. The van der Waals surface area contributed by atoms with E-state index < -0.39 is 0 Å². The second kappa shape index (κ2) is 11.1. The molecule has 5 nitrogen and oxygen atoms in total. The smallest absolute Gasteiger partial charge is 0.238 e. The van der Waals surface area contributed by atoms with E-state index in [9.17, 15) is 0 Å². The van der Waals surface area contributed by atoms with Gasteiger partial charge in [-0.15, -0.1) is 22.7 Å². The summed E-state index contributed by atoms with van der Waals surface area (Å²) in [5.74, 6) is 1.85. The number of para-hydroxylation sites is 1. The maximum atomic E-state index is 5.30. The first-order valence-corrected chi connectivity index (χ1v) is 18.4. The maximum Gasteiger partial charge on any atom is 0.238 e. The first-order chi connectivity index (χ1) is 25.3. The lowest BCUT2D eigenvalue weighted by atomic mass is 10.0. The molecule has 0 aliphatic heterocycles. The van der Waals surface area contributed by atoms with E-state index >= 15 is 0 Å². The van der Waals surface area contributed by atoms with Crippen molar-refractivity contribution >= 4 is 85.0 Å². The van der Waals surface area contributed by atoms with Gasteiger partial charge in [0.1, 0.15) is 4.83 Å². The Kier molecular flexibility index (Phi) is 6.22. The summed E-state index contributed by atoms with van der Waals surface area (Å²) in [6.45, 7) is 0.